The van der Waals surface area contributed by atoms with E-state index in [4.69, 9.17) is 9.47 Å². The van der Waals surface area contributed by atoms with E-state index in [1.54, 1.807) is 11.6 Å². The molecule has 2 aliphatic heterocycles. The highest BCUT2D eigenvalue weighted by molar-refractivity contribution is 5.79. The summed E-state index contributed by atoms with van der Waals surface area (Å²) in [5.74, 6) is 2.37. The van der Waals surface area contributed by atoms with Gasteiger partial charge in [-0.15, -0.1) is 0 Å². The van der Waals surface area contributed by atoms with Gasteiger partial charge in [-0.05, 0) is 37.5 Å². The molecule has 0 bridgehead atoms. The zero-order valence-corrected chi connectivity index (χ0v) is 15.7. The molecule has 1 aromatic carbocycles. The quantitative estimate of drug-likeness (QED) is 0.808. The van der Waals surface area contributed by atoms with Gasteiger partial charge in [-0.3, -0.25) is 9.36 Å². The van der Waals surface area contributed by atoms with Crippen molar-refractivity contribution in [1.82, 2.24) is 19.2 Å². The molecule has 1 fully saturated rings. The summed E-state index contributed by atoms with van der Waals surface area (Å²) in [7, 11) is 1.67. The summed E-state index contributed by atoms with van der Waals surface area (Å²) in [6.45, 7) is 4.09. The van der Waals surface area contributed by atoms with Gasteiger partial charge in [-0.1, -0.05) is 6.07 Å². The van der Waals surface area contributed by atoms with Crippen LogP contribution in [0.3, 0.4) is 0 Å². The minimum Gasteiger partial charge on any atom is -0.454 e. The van der Waals surface area contributed by atoms with E-state index in [0.717, 1.165) is 36.5 Å². The van der Waals surface area contributed by atoms with Gasteiger partial charge in [0, 0.05) is 32.6 Å². The number of nitrogens with zero attached hydrogens (tertiary/aromatic N) is 4. The Balaban J connectivity index is 1.47. The lowest BCUT2D eigenvalue weighted by Crippen LogP contribution is -2.40. The first-order valence-electron chi connectivity index (χ1n) is 9.37. The Kier molecular flexibility index (Phi) is 4.63. The van der Waals surface area contributed by atoms with Gasteiger partial charge in [0.2, 0.25) is 12.7 Å². The number of hydrogen-bond donors (Lipinski definition) is 0. The summed E-state index contributed by atoms with van der Waals surface area (Å²) in [6, 6.07) is 5.62. The molecular weight excluding hydrogens is 348 g/mol. The Labute approximate surface area is 157 Å². The second-order valence-electron chi connectivity index (χ2n) is 7.05. The van der Waals surface area contributed by atoms with Crippen LogP contribution in [0.1, 0.15) is 37.1 Å². The van der Waals surface area contributed by atoms with Crippen LogP contribution in [0.4, 0.5) is 0 Å². The average molecular weight is 372 g/mol. The van der Waals surface area contributed by atoms with Crippen molar-refractivity contribution in [2.45, 2.75) is 38.6 Å². The zero-order valence-electron chi connectivity index (χ0n) is 15.7. The molecule has 1 aromatic heterocycles. The molecule has 2 aliphatic rings. The first-order chi connectivity index (χ1) is 13.1. The fourth-order valence-corrected chi connectivity index (χ4v) is 3.87. The second-order valence-corrected chi connectivity index (χ2v) is 7.05. The van der Waals surface area contributed by atoms with Gasteiger partial charge in [-0.25, -0.2) is 9.48 Å². The maximum absolute atomic E-state index is 12.8. The number of benzene rings is 1. The van der Waals surface area contributed by atoms with Crippen molar-refractivity contribution in [3.8, 4) is 11.5 Å². The molecule has 144 valence electrons. The molecular formula is C19H24N4O4. The number of carbonyl (C=O) groups is 1. The van der Waals surface area contributed by atoms with Crippen molar-refractivity contribution in [3.05, 3.63) is 40.1 Å². The van der Waals surface area contributed by atoms with Crippen molar-refractivity contribution < 1.29 is 14.3 Å². The van der Waals surface area contributed by atoms with Crippen LogP contribution >= 0.6 is 0 Å². The number of amides is 1. The number of fused-ring (bicyclic) bond motifs is 1. The third kappa shape index (κ3) is 3.31. The molecule has 0 unspecified atom stereocenters. The normalized spacial score (nSPS) is 18.7. The first-order valence-corrected chi connectivity index (χ1v) is 9.37. The largest absolute Gasteiger partial charge is 0.454 e. The number of hydrogen-bond acceptors (Lipinski definition) is 5. The summed E-state index contributed by atoms with van der Waals surface area (Å²) in [5, 5.41) is 4.42. The molecule has 2 aromatic rings. The van der Waals surface area contributed by atoms with Crippen LogP contribution in [-0.2, 0) is 24.8 Å². The summed E-state index contributed by atoms with van der Waals surface area (Å²) in [6.07, 6.45) is 2.17. The molecule has 1 atom stereocenters. The Bertz CT molecular complexity index is 917. The summed E-state index contributed by atoms with van der Waals surface area (Å²) in [4.78, 5) is 26.9. The zero-order chi connectivity index (χ0) is 19.0. The van der Waals surface area contributed by atoms with Gasteiger partial charge in [0.25, 0.3) is 0 Å². The van der Waals surface area contributed by atoms with E-state index in [9.17, 15) is 9.59 Å². The van der Waals surface area contributed by atoms with Crippen LogP contribution < -0.4 is 15.2 Å². The van der Waals surface area contributed by atoms with Crippen LogP contribution in [0.2, 0.25) is 0 Å². The Hall–Kier alpha value is -2.77. The Morgan fingerprint density at radius 1 is 1.30 bits per heavy atom. The highest BCUT2D eigenvalue weighted by Gasteiger charge is 2.29. The van der Waals surface area contributed by atoms with Crippen molar-refractivity contribution in [2.75, 3.05) is 19.9 Å². The predicted molar refractivity (Wildman–Crippen MR) is 98.0 cm³/mol. The Morgan fingerprint density at radius 3 is 2.93 bits per heavy atom. The number of aromatic nitrogens is 3. The minimum absolute atomic E-state index is 0.0832. The molecule has 0 N–H and O–H groups in total. The minimum atomic E-state index is -0.101. The monoisotopic (exact) mass is 372 g/mol. The van der Waals surface area contributed by atoms with E-state index in [1.165, 1.54) is 4.68 Å². The van der Waals surface area contributed by atoms with Gasteiger partial charge in [-0.2, -0.15) is 5.10 Å². The van der Waals surface area contributed by atoms with Crippen molar-refractivity contribution in [2.24, 2.45) is 7.05 Å². The smallest absolute Gasteiger partial charge is 0.345 e. The molecule has 1 saturated heterocycles. The van der Waals surface area contributed by atoms with E-state index in [2.05, 4.69) is 5.10 Å². The lowest BCUT2D eigenvalue weighted by Gasteiger charge is -2.32. The van der Waals surface area contributed by atoms with E-state index in [1.807, 2.05) is 30.0 Å². The van der Waals surface area contributed by atoms with Crippen molar-refractivity contribution in [3.63, 3.8) is 0 Å². The fraction of sp³-hybridized carbons (Fsp3) is 0.526. The summed E-state index contributed by atoms with van der Waals surface area (Å²) in [5.41, 5.74) is 0.811. The number of rotatable bonds is 4. The first kappa shape index (κ1) is 17.6. The van der Waals surface area contributed by atoms with Crippen LogP contribution in [0.25, 0.3) is 0 Å². The Morgan fingerprint density at radius 2 is 2.11 bits per heavy atom. The number of ether oxygens (including phenoxy) is 2. The van der Waals surface area contributed by atoms with Crippen LogP contribution in [-0.4, -0.2) is 45.0 Å². The molecule has 8 heteroatoms. The van der Waals surface area contributed by atoms with Crippen LogP contribution in [0, 0.1) is 0 Å². The second kappa shape index (κ2) is 7.09. The third-order valence-electron chi connectivity index (χ3n) is 5.28. The van der Waals surface area contributed by atoms with Gasteiger partial charge >= 0.3 is 5.69 Å². The molecule has 3 heterocycles. The third-order valence-corrected chi connectivity index (χ3v) is 5.28. The van der Waals surface area contributed by atoms with Gasteiger partial charge < -0.3 is 14.4 Å². The SMILES string of the molecule is CCn1c([C@@H]2CCCN(C(=O)Cc3ccc4c(c3)OCO4)C2)nn(C)c1=O. The molecule has 0 spiro atoms. The maximum Gasteiger partial charge on any atom is 0.345 e. The van der Waals surface area contributed by atoms with Gasteiger partial charge in [0.15, 0.2) is 11.5 Å². The van der Waals surface area contributed by atoms with E-state index < -0.39 is 0 Å². The number of piperidine rings is 1. The van der Waals surface area contributed by atoms with Gasteiger partial charge in [0.1, 0.15) is 5.82 Å². The molecule has 27 heavy (non-hydrogen) atoms. The number of aryl methyl sites for hydroxylation is 1. The molecule has 1 amide bonds. The van der Waals surface area contributed by atoms with Gasteiger partial charge in [0.05, 0.1) is 6.42 Å². The van der Waals surface area contributed by atoms with Crippen LogP contribution in [0.15, 0.2) is 23.0 Å². The standard InChI is InChI=1S/C19H24N4O4/c1-3-23-18(20-21(2)19(23)25)14-5-4-8-22(11-14)17(24)10-13-6-7-15-16(9-13)27-12-26-15/h6-7,9,14H,3-5,8,10-12H2,1-2H3/t14-/m1/s1. The van der Waals surface area contributed by atoms with Crippen LogP contribution in [0.5, 0.6) is 11.5 Å². The van der Waals surface area contributed by atoms with E-state index >= 15 is 0 Å². The maximum atomic E-state index is 12.8. The fourth-order valence-electron chi connectivity index (χ4n) is 3.87. The van der Waals surface area contributed by atoms with E-state index in [-0.39, 0.29) is 24.3 Å². The highest BCUT2D eigenvalue weighted by atomic mass is 16.7. The van der Waals surface area contributed by atoms with Crippen molar-refractivity contribution in [1.29, 1.82) is 0 Å². The molecule has 0 radical (unpaired) electrons. The van der Waals surface area contributed by atoms with E-state index in [0.29, 0.717) is 25.3 Å². The molecule has 0 aliphatic carbocycles. The lowest BCUT2D eigenvalue weighted by atomic mass is 9.96. The molecule has 8 nitrogen and oxygen atoms in total. The topological polar surface area (TPSA) is 78.6 Å². The number of carbonyl (C=O) groups excluding carboxylic acids is 1. The number of likely N-dealkylation sites (tertiary alicyclic amines) is 1. The molecule has 0 saturated carbocycles. The summed E-state index contributed by atoms with van der Waals surface area (Å²) < 4.78 is 13.8. The summed E-state index contributed by atoms with van der Waals surface area (Å²) >= 11 is 0. The average Bonchev–Trinajstić information content (AvgIpc) is 3.26. The molecule has 4 rings (SSSR count). The highest BCUT2D eigenvalue weighted by Crippen LogP contribution is 2.33. The lowest BCUT2D eigenvalue weighted by molar-refractivity contribution is -0.131. The predicted octanol–water partition coefficient (Wildman–Crippen LogP) is 1.28. The van der Waals surface area contributed by atoms with Crippen molar-refractivity contribution >= 4 is 5.91 Å².